The minimum Gasteiger partial charge on any atom is -0.397 e. The van der Waals surface area contributed by atoms with E-state index in [-0.39, 0.29) is 12.5 Å². The van der Waals surface area contributed by atoms with Crippen LogP contribution in [0.1, 0.15) is 19.2 Å². The Labute approximate surface area is 135 Å². The molecule has 23 heavy (non-hydrogen) atoms. The average Bonchev–Trinajstić information content (AvgIpc) is 2.88. The Bertz CT molecular complexity index is 824. The number of aryl methyl sites for hydroxylation is 1. The second-order valence-corrected chi connectivity index (χ2v) is 5.49. The number of benzene rings is 2. The van der Waals surface area contributed by atoms with Gasteiger partial charge < -0.3 is 15.6 Å². The topological polar surface area (TPSA) is 72.9 Å². The molecule has 0 atom stereocenters. The summed E-state index contributed by atoms with van der Waals surface area (Å²) in [5.41, 5.74) is 9.11. The molecule has 0 aliphatic carbocycles. The number of nitrogens with two attached hydrogens (primary N) is 1. The molecule has 1 heterocycles. The number of fused-ring (bicyclic) bond motifs is 1. The quantitative estimate of drug-likeness (QED) is 0.711. The zero-order chi connectivity index (χ0) is 16.2. The highest BCUT2D eigenvalue weighted by Crippen LogP contribution is 2.22. The van der Waals surface area contributed by atoms with Crippen molar-refractivity contribution in [1.82, 2.24) is 9.55 Å². The summed E-state index contributed by atoms with van der Waals surface area (Å²) in [4.78, 5) is 17.0. The molecule has 0 unspecified atom stereocenters. The van der Waals surface area contributed by atoms with Gasteiger partial charge in [0.25, 0.3) is 0 Å². The van der Waals surface area contributed by atoms with Crippen LogP contribution in [0.5, 0.6) is 0 Å². The highest BCUT2D eigenvalue weighted by Gasteiger charge is 2.14. The molecule has 0 saturated heterocycles. The first-order valence-corrected chi connectivity index (χ1v) is 7.77. The first-order valence-electron chi connectivity index (χ1n) is 7.77. The number of hydrogen-bond acceptors (Lipinski definition) is 3. The van der Waals surface area contributed by atoms with Gasteiger partial charge >= 0.3 is 0 Å². The van der Waals surface area contributed by atoms with E-state index in [1.165, 1.54) is 0 Å². The zero-order valence-corrected chi connectivity index (χ0v) is 13.1. The SMILES string of the molecule is CCCc1nc2c(N)cccc2n1CC(=O)Nc1ccccc1. The van der Waals surface area contributed by atoms with Crippen molar-refractivity contribution in [2.75, 3.05) is 11.1 Å². The fourth-order valence-electron chi connectivity index (χ4n) is 2.67. The Balaban J connectivity index is 1.90. The third-order valence-corrected chi connectivity index (χ3v) is 3.72. The second-order valence-electron chi connectivity index (χ2n) is 5.49. The molecule has 3 aromatic rings. The van der Waals surface area contributed by atoms with Gasteiger partial charge in [-0.25, -0.2) is 4.98 Å². The standard InChI is InChI=1S/C18H20N4O/c1-2-7-16-21-18-14(19)10-6-11-15(18)22(16)12-17(23)20-13-8-4-3-5-9-13/h3-6,8-11H,2,7,12,19H2,1H3,(H,20,23). The largest absolute Gasteiger partial charge is 0.397 e. The van der Waals surface area contributed by atoms with Crippen molar-refractivity contribution >= 4 is 28.3 Å². The third kappa shape index (κ3) is 3.18. The molecule has 3 rings (SSSR count). The highest BCUT2D eigenvalue weighted by molar-refractivity contribution is 5.93. The van der Waals surface area contributed by atoms with Crippen LogP contribution in [0.3, 0.4) is 0 Å². The van der Waals surface area contributed by atoms with Gasteiger partial charge in [-0.15, -0.1) is 0 Å². The summed E-state index contributed by atoms with van der Waals surface area (Å²) in [5.74, 6) is 0.818. The first-order chi connectivity index (χ1) is 11.2. The van der Waals surface area contributed by atoms with Gasteiger partial charge in [-0.1, -0.05) is 31.2 Å². The van der Waals surface area contributed by atoms with Crippen LogP contribution in [0.2, 0.25) is 0 Å². The summed E-state index contributed by atoms with van der Waals surface area (Å²) in [7, 11) is 0. The lowest BCUT2D eigenvalue weighted by molar-refractivity contribution is -0.116. The van der Waals surface area contributed by atoms with Crippen LogP contribution in [0, 0.1) is 0 Å². The molecule has 0 saturated carbocycles. The lowest BCUT2D eigenvalue weighted by atomic mass is 10.2. The maximum Gasteiger partial charge on any atom is 0.244 e. The van der Waals surface area contributed by atoms with E-state index in [1.54, 1.807) is 0 Å². The van der Waals surface area contributed by atoms with E-state index in [0.29, 0.717) is 5.69 Å². The number of rotatable bonds is 5. The normalized spacial score (nSPS) is 10.8. The van der Waals surface area contributed by atoms with Crippen LogP contribution in [0.25, 0.3) is 11.0 Å². The van der Waals surface area contributed by atoms with Gasteiger partial charge in [-0.05, 0) is 30.7 Å². The number of carbonyl (C=O) groups excluding carboxylic acids is 1. The average molecular weight is 308 g/mol. The molecule has 1 amide bonds. The Morgan fingerprint density at radius 2 is 1.96 bits per heavy atom. The molecule has 0 fully saturated rings. The van der Waals surface area contributed by atoms with Crippen LogP contribution in [-0.4, -0.2) is 15.5 Å². The van der Waals surface area contributed by atoms with Crippen molar-refractivity contribution < 1.29 is 4.79 Å². The molecule has 0 aliphatic heterocycles. The number of hydrogen-bond donors (Lipinski definition) is 2. The van der Waals surface area contributed by atoms with Gasteiger partial charge in [0.15, 0.2) is 0 Å². The number of imidazole rings is 1. The lowest BCUT2D eigenvalue weighted by Gasteiger charge is -2.09. The molecular formula is C18H20N4O. The van der Waals surface area contributed by atoms with Crippen molar-refractivity contribution in [2.24, 2.45) is 0 Å². The molecule has 0 radical (unpaired) electrons. The lowest BCUT2D eigenvalue weighted by Crippen LogP contribution is -2.20. The Kier molecular flexibility index (Phi) is 4.28. The van der Waals surface area contributed by atoms with Gasteiger partial charge in [-0.3, -0.25) is 4.79 Å². The number of nitrogens with one attached hydrogen (secondary N) is 1. The molecule has 5 heteroatoms. The van der Waals surface area contributed by atoms with Gasteiger partial charge in [0.05, 0.1) is 11.2 Å². The number of carbonyl (C=O) groups is 1. The number of para-hydroxylation sites is 2. The molecular weight excluding hydrogens is 288 g/mol. The monoisotopic (exact) mass is 308 g/mol. The van der Waals surface area contributed by atoms with Crippen LogP contribution in [0.4, 0.5) is 11.4 Å². The van der Waals surface area contributed by atoms with Crippen LogP contribution in [-0.2, 0) is 17.8 Å². The van der Waals surface area contributed by atoms with Crippen molar-refractivity contribution in [2.45, 2.75) is 26.3 Å². The van der Waals surface area contributed by atoms with Gasteiger partial charge in [0.1, 0.15) is 17.9 Å². The summed E-state index contributed by atoms with van der Waals surface area (Å²) < 4.78 is 1.95. The number of anilines is 2. The predicted octanol–water partition coefficient (Wildman–Crippen LogP) is 3.21. The number of nitrogens with zero attached hydrogens (tertiary/aromatic N) is 2. The number of aromatic nitrogens is 2. The van der Waals surface area contributed by atoms with Gasteiger partial charge in [0.2, 0.25) is 5.91 Å². The predicted molar refractivity (Wildman–Crippen MR) is 93.2 cm³/mol. The summed E-state index contributed by atoms with van der Waals surface area (Å²) in [6.07, 6.45) is 1.77. The maximum absolute atomic E-state index is 12.4. The van der Waals surface area contributed by atoms with E-state index in [2.05, 4.69) is 17.2 Å². The Hall–Kier alpha value is -2.82. The molecule has 2 aromatic carbocycles. The van der Waals surface area contributed by atoms with Crippen molar-refractivity contribution in [1.29, 1.82) is 0 Å². The summed E-state index contributed by atoms with van der Waals surface area (Å²) in [6.45, 7) is 2.32. The molecule has 118 valence electrons. The molecule has 1 aromatic heterocycles. The molecule has 0 spiro atoms. The molecule has 3 N–H and O–H groups in total. The number of amides is 1. The summed E-state index contributed by atoms with van der Waals surface area (Å²) in [5, 5.41) is 2.91. The van der Waals surface area contributed by atoms with E-state index in [4.69, 9.17) is 5.73 Å². The van der Waals surface area contributed by atoms with Crippen molar-refractivity contribution in [3.05, 3.63) is 54.4 Å². The van der Waals surface area contributed by atoms with Gasteiger partial charge in [-0.2, -0.15) is 0 Å². The summed E-state index contributed by atoms with van der Waals surface area (Å²) >= 11 is 0. The van der Waals surface area contributed by atoms with Crippen molar-refractivity contribution in [3.8, 4) is 0 Å². The third-order valence-electron chi connectivity index (χ3n) is 3.72. The molecule has 0 aliphatic rings. The molecule has 5 nitrogen and oxygen atoms in total. The Morgan fingerprint density at radius 1 is 1.17 bits per heavy atom. The highest BCUT2D eigenvalue weighted by atomic mass is 16.1. The zero-order valence-electron chi connectivity index (χ0n) is 13.1. The fourth-order valence-corrected chi connectivity index (χ4v) is 2.67. The van der Waals surface area contributed by atoms with E-state index in [1.807, 2.05) is 53.1 Å². The van der Waals surface area contributed by atoms with Crippen LogP contribution >= 0.6 is 0 Å². The van der Waals surface area contributed by atoms with E-state index < -0.39 is 0 Å². The van der Waals surface area contributed by atoms with Crippen LogP contribution < -0.4 is 11.1 Å². The second kappa shape index (κ2) is 6.52. The minimum absolute atomic E-state index is 0.0738. The Morgan fingerprint density at radius 3 is 2.70 bits per heavy atom. The first kappa shape index (κ1) is 15.1. The van der Waals surface area contributed by atoms with E-state index in [0.717, 1.165) is 35.4 Å². The van der Waals surface area contributed by atoms with Gasteiger partial charge in [0, 0.05) is 12.1 Å². The van der Waals surface area contributed by atoms with E-state index in [9.17, 15) is 4.79 Å². The molecule has 0 bridgehead atoms. The maximum atomic E-state index is 12.4. The van der Waals surface area contributed by atoms with Crippen LogP contribution in [0.15, 0.2) is 48.5 Å². The van der Waals surface area contributed by atoms with E-state index >= 15 is 0 Å². The summed E-state index contributed by atoms with van der Waals surface area (Å²) in [6, 6.07) is 15.1. The fraction of sp³-hybridized carbons (Fsp3) is 0.222. The minimum atomic E-state index is -0.0738. The smallest absolute Gasteiger partial charge is 0.244 e. The number of nitrogen functional groups attached to an aromatic ring is 1. The van der Waals surface area contributed by atoms with Crippen molar-refractivity contribution in [3.63, 3.8) is 0 Å².